The lowest BCUT2D eigenvalue weighted by atomic mass is 9.83. The Bertz CT molecular complexity index is 644. The second-order valence-electron chi connectivity index (χ2n) is 5.47. The molecule has 3 atom stereocenters. The first-order valence-corrected chi connectivity index (χ1v) is 7.98. The monoisotopic (exact) mass is 320 g/mol. The summed E-state index contributed by atoms with van der Waals surface area (Å²) in [5, 5.41) is 19.1. The van der Waals surface area contributed by atoms with E-state index in [1.807, 2.05) is 12.1 Å². The van der Waals surface area contributed by atoms with Crippen LogP contribution in [0.15, 0.2) is 35.1 Å². The van der Waals surface area contributed by atoms with Gasteiger partial charge in [-0.05, 0) is 24.6 Å². The number of hydrogen-bond donors (Lipinski definition) is 2. The van der Waals surface area contributed by atoms with Crippen molar-refractivity contribution in [3.05, 3.63) is 40.7 Å². The van der Waals surface area contributed by atoms with Crippen molar-refractivity contribution >= 4 is 23.6 Å². The molecule has 116 valence electrons. The third kappa shape index (κ3) is 2.40. The van der Waals surface area contributed by atoms with E-state index in [-0.39, 0.29) is 17.6 Å². The number of pyridine rings is 1. The Labute approximate surface area is 131 Å². The number of fused-ring (bicyclic) bond motifs is 1. The fraction of sp³-hybridized carbons (Fsp3) is 0.400. The Morgan fingerprint density at radius 2 is 2.18 bits per heavy atom. The lowest BCUT2D eigenvalue weighted by Crippen LogP contribution is -2.61. The summed E-state index contributed by atoms with van der Waals surface area (Å²) in [4.78, 5) is 29.5. The fourth-order valence-electron chi connectivity index (χ4n) is 3.01. The van der Waals surface area contributed by atoms with Gasteiger partial charge in [-0.1, -0.05) is 0 Å². The maximum absolute atomic E-state index is 12.1. The predicted octanol–water partition coefficient (Wildman–Crippen LogP) is 1.22. The summed E-state index contributed by atoms with van der Waals surface area (Å²) in [6.07, 6.45) is 3.13. The first kappa shape index (κ1) is 15.1. The lowest BCUT2D eigenvalue weighted by molar-refractivity contribution is -0.161. The quantitative estimate of drug-likeness (QED) is 0.793. The van der Waals surface area contributed by atoms with Crippen molar-refractivity contribution in [1.82, 2.24) is 9.88 Å². The third-order valence-electron chi connectivity index (χ3n) is 4.05. The van der Waals surface area contributed by atoms with Gasteiger partial charge in [0.1, 0.15) is 5.70 Å². The van der Waals surface area contributed by atoms with Gasteiger partial charge in [-0.3, -0.25) is 9.78 Å². The first-order valence-electron chi connectivity index (χ1n) is 7.00. The zero-order chi connectivity index (χ0) is 15.9. The molecule has 7 heteroatoms. The Balaban J connectivity index is 1.78. The van der Waals surface area contributed by atoms with Gasteiger partial charge < -0.3 is 15.1 Å². The normalized spacial score (nSPS) is 25.0. The van der Waals surface area contributed by atoms with E-state index in [1.54, 1.807) is 19.3 Å². The van der Waals surface area contributed by atoms with Gasteiger partial charge in [-0.15, -0.1) is 11.8 Å². The molecule has 1 aromatic heterocycles. The number of carboxylic acid groups (broad SMARTS) is 1. The van der Waals surface area contributed by atoms with E-state index in [0.717, 1.165) is 5.56 Å². The number of amides is 1. The van der Waals surface area contributed by atoms with Gasteiger partial charge in [0.05, 0.1) is 18.1 Å². The number of carbonyl (C=O) groups is 2. The molecule has 0 aliphatic carbocycles. The molecule has 0 aromatic carbocycles. The molecule has 1 amide bonds. The van der Waals surface area contributed by atoms with Crippen LogP contribution >= 0.6 is 11.8 Å². The zero-order valence-corrected chi connectivity index (χ0v) is 12.8. The fourth-order valence-corrected chi connectivity index (χ4v) is 4.15. The molecule has 0 bridgehead atoms. The average molecular weight is 320 g/mol. The van der Waals surface area contributed by atoms with Crippen LogP contribution in [0.4, 0.5) is 0 Å². The highest BCUT2D eigenvalue weighted by Gasteiger charge is 2.56. The summed E-state index contributed by atoms with van der Waals surface area (Å²) < 4.78 is 0. The Hall–Kier alpha value is -1.86. The van der Waals surface area contributed by atoms with Crippen molar-refractivity contribution in [1.29, 1.82) is 0 Å². The highest BCUT2D eigenvalue weighted by atomic mass is 32.2. The second kappa shape index (κ2) is 5.73. The number of aromatic nitrogens is 1. The minimum absolute atomic E-state index is 0.0750. The van der Waals surface area contributed by atoms with Gasteiger partial charge in [0.25, 0.3) is 0 Å². The molecule has 0 radical (unpaired) electrons. The van der Waals surface area contributed by atoms with Crippen LogP contribution in [0.5, 0.6) is 0 Å². The molecule has 3 rings (SSSR count). The molecule has 22 heavy (non-hydrogen) atoms. The van der Waals surface area contributed by atoms with Crippen LogP contribution in [-0.2, 0) is 15.3 Å². The zero-order valence-electron chi connectivity index (χ0n) is 12.0. The van der Waals surface area contributed by atoms with Crippen molar-refractivity contribution in [2.45, 2.75) is 31.2 Å². The number of aliphatic hydroxyl groups excluding tert-OH is 1. The number of rotatable bonds is 5. The summed E-state index contributed by atoms with van der Waals surface area (Å²) in [6.45, 7) is 1.57. The number of nitrogens with zero attached hydrogens (tertiary/aromatic N) is 2. The van der Waals surface area contributed by atoms with Crippen LogP contribution in [0, 0.1) is 5.92 Å². The predicted molar refractivity (Wildman–Crippen MR) is 80.6 cm³/mol. The van der Waals surface area contributed by atoms with E-state index in [1.165, 1.54) is 16.7 Å². The summed E-state index contributed by atoms with van der Waals surface area (Å²) >= 11 is 1.43. The molecule has 6 nitrogen and oxygen atoms in total. The van der Waals surface area contributed by atoms with Crippen molar-refractivity contribution in [3.8, 4) is 0 Å². The summed E-state index contributed by atoms with van der Waals surface area (Å²) in [7, 11) is 0. The van der Waals surface area contributed by atoms with E-state index in [0.29, 0.717) is 17.1 Å². The highest BCUT2D eigenvalue weighted by molar-refractivity contribution is 8.02. The molecular formula is C15H16N2O4S. The Kier molecular flexibility index (Phi) is 3.92. The largest absolute Gasteiger partial charge is 0.477 e. The molecule has 2 aliphatic rings. The first-order chi connectivity index (χ1) is 10.5. The topological polar surface area (TPSA) is 90.7 Å². The minimum Gasteiger partial charge on any atom is -0.477 e. The third-order valence-corrected chi connectivity index (χ3v) is 5.24. The summed E-state index contributed by atoms with van der Waals surface area (Å²) in [6, 6.07) is 3.53. The van der Waals surface area contributed by atoms with Crippen molar-refractivity contribution in [2.24, 2.45) is 5.92 Å². The number of aliphatic carboxylic acids is 1. The Morgan fingerprint density at radius 1 is 1.50 bits per heavy atom. The molecule has 2 unspecified atom stereocenters. The summed E-state index contributed by atoms with van der Waals surface area (Å²) in [5.41, 5.74) is 1.12. The molecule has 2 aliphatic heterocycles. The van der Waals surface area contributed by atoms with Crippen LogP contribution in [0.3, 0.4) is 0 Å². The number of carbonyl (C=O) groups excluding carboxylic acids is 1. The maximum atomic E-state index is 12.1. The molecule has 2 N–H and O–H groups in total. The number of thioether (sulfide) groups is 1. The van der Waals surface area contributed by atoms with Crippen molar-refractivity contribution in [2.75, 3.05) is 0 Å². The van der Waals surface area contributed by atoms with E-state index in [2.05, 4.69) is 4.98 Å². The minimum atomic E-state index is -1.09. The number of aliphatic hydroxyl groups is 1. The highest BCUT2D eigenvalue weighted by Crippen LogP contribution is 2.47. The van der Waals surface area contributed by atoms with Crippen LogP contribution in [0.2, 0.25) is 0 Å². The van der Waals surface area contributed by atoms with Crippen LogP contribution in [0.25, 0.3) is 0 Å². The van der Waals surface area contributed by atoms with E-state index in [4.69, 9.17) is 0 Å². The van der Waals surface area contributed by atoms with E-state index < -0.39 is 18.0 Å². The second-order valence-corrected chi connectivity index (χ2v) is 6.54. The maximum Gasteiger partial charge on any atom is 0.353 e. The average Bonchev–Trinajstić information content (AvgIpc) is 2.80. The number of carboxylic acids is 1. The lowest BCUT2D eigenvalue weighted by Gasteiger charge is -2.44. The molecule has 0 saturated carbocycles. The van der Waals surface area contributed by atoms with Gasteiger partial charge in [0, 0.05) is 29.5 Å². The van der Waals surface area contributed by atoms with Gasteiger partial charge in [-0.25, -0.2) is 4.79 Å². The Morgan fingerprint density at radius 3 is 2.77 bits per heavy atom. The van der Waals surface area contributed by atoms with Crippen molar-refractivity contribution < 1.29 is 19.8 Å². The molecule has 0 spiro atoms. The van der Waals surface area contributed by atoms with Gasteiger partial charge in [-0.2, -0.15) is 0 Å². The smallest absolute Gasteiger partial charge is 0.353 e. The molecule has 3 heterocycles. The standard InChI is InChI=1S/C15H16N2O4S/c1-8(18)12-10-6-11(13(15(20)21)17(10)14(12)19)22-7-9-2-4-16-5-3-9/h2-5,8,10,12,18H,6-7H2,1H3,(H,20,21)/t8?,10?,12-/m1/s1. The molecule has 1 aromatic rings. The number of hydrogen-bond acceptors (Lipinski definition) is 5. The van der Waals surface area contributed by atoms with Gasteiger partial charge >= 0.3 is 5.97 Å². The van der Waals surface area contributed by atoms with Gasteiger partial charge in [0.15, 0.2) is 0 Å². The van der Waals surface area contributed by atoms with Crippen LogP contribution < -0.4 is 0 Å². The molecule has 1 saturated heterocycles. The van der Waals surface area contributed by atoms with Gasteiger partial charge in [0.2, 0.25) is 5.91 Å². The SMILES string of the molecule is CC(O)[C@H]1C(=O)N2C(C(=O)O)=C(SCc3ccncc3)CC12. The number of β-lactam (4-membered cyclic amide) rings is 1. The van der Waals surface area contributed by atoms with Crippen LogP contribution in [0.1, 0.15) is 18.9 Å². The van der Waals surface area contributed by atoms with Crippen molar-refractivity contribution in [3.63, 3.8) is 0 Å². The summed E-state index contributed by atoms with van der Waals surface area (Å²) in [5.74, 6) is -1.25. The molecule has 1 fully saturated rings. The van der Waals surface area contributed by atoms with E-state index >= 15 is 0 Å². The van der Waals surface area contributed by atoms with E-state index in [9.17, 15) is 19.8 Å². The molecular weight excluding hydrogens is 304 g/mol. The van der Waals surface area contributed by atoms with Crippen LogP contribution in [-0.4, -0.2) is 44.1 Å².